The van der Waals surface area contributed by atoms with Gasteiger partial charge in [0.2, 0.25) is 0 Å². The number of carbonyl (C=O) groups excluding carboxylic acids is 3. The lowest BCUT2D eigenvalue weighted by atomic mass is 9.75. The molecule has 0 heterocycles. The van der Waals surface area contributed by atoms with Crippen molar-refractivity contribution in [2.45, 2.75) is 46.0 Å². The van der Waals surface area contributed by atoms with Gasteiger partial charge in [-0.2, -0.15) is 0 Å². The molecular weight excluding hydrogens is 220 g/mol. The van der Waals surface area contributed by atoms with E-state index in [1.807, 2.05) is 0 Å². The van der Waals surface area contributed by atoms with Crippen molar-refractivity contribution < 1.29 is 19.1 Å². The molecule has 1 aliphatic rings. The third-order valence-corrected chi connectivity index (χ3v) is 3.24. The fourth-order valence-electron chi connectivity index (χ4n) is 2.34. The van der Waals surface area contributed by atoms with E-state index in [1.165, 1.54) is 0 Å². The number of Topliss-reactive ketones (excluding diaryl/α,β-unsaturated/α-hetero) is 2. The van der Waals surface area contributed by atoms with Crippen molar-refractivity contribution in [2.24, 2.45) is 11.8 Å². The highest BCUT2D eigenvalue weighted by Crippen LogP contribution is 2.31. The summed E-state index contributed by atoms with van der Waals surface area (Å²) in [6.07, 6.45) is 2.75. The van der Waals surface area contributed by atoms with E-state index in [1.54, 1.807) is 13.8 Å². The number of ether oxygens (including phenoxy) is 1. The number of ketones is 2. The van der Waals surface area contributed by atoms with Crippen molar-refractivity contribution >= 4 is 17.5 Å². The van der Waals surface area contributed by atoms with Gasteiger partial charge < -0.3 is 4.74 Å². The molecule has 0 spiro atoms. The Hall–Kier alpha value is -1.19. The smallest absolute Gasteiger partial charge is 0.316 e. The highest BCUT2D eigenvalue weighted by atomic mass is 16.5. The van der Waals surface area contributed by atoms with E-state index in [2.05, 4.69) is 0 Å². The molecule has 0 aliphatic heterocycles. The summed E-state index contributed by atoms with van der Waals surface area (Å²) < 4.78 is 4.93. The standard InChI is InChI=1S/C13H20O4/c1-3-10(14)8-9-6-5-7-11(15)12(9)13(16)17-4-2/h9,12H,3-8H2,1-2H3/t9-,12?/m1/s1. The second kappa shape index (κ2) is 6.52. The molecule has 2 atom stereocenters. The molecule has 0 N–H and O–H groups in total. The van der Waals surface area contributed by atoms with E-state index in [-0.39, 0.29) is 24.1 Å². The monoisotopic (exact) mass is 240 g/mol. The molecule has 0 aromatic carbocycles. The van der Waals surface area contributed by atoms with Gasteiger partial charge in [0.05, 0.1) is 6.61 Å². The van der Waals surface area contributed by atoms with Crippen LogP contribution >= 0.6 is 0 Å². The van der Waals surface area contributed by atoms with Crippen LogP contribution in [0.3, 0.4) is 0 Å². The number of esters is 1. The third-order valence-electron chi connectivity index (χ3n) is 3.24. The maximum absolute atomic E-state index is 11.8. The van der Waals surface area contributed by atoms with Crippen LogP contribution in [0.2, 0.25) is 0 Å². The fraction of sp³-hybridized carbons (Fsp3) is 0.769. The molecule has 1 saturated carbocycles. The van der Waals surface area contributed by atoms with Crippen LogP contribution in [0, 0.1) is 11.8 Å². The molecule has 96 valence electrons. The van der Waals surface area contributed by atoms with Gasteiger partial charge in [-0.25, -0.2) is 0 Å². The first-order valence-electron chi connectivity index (χ1n) is 6.31. The molecule has 0 aromatic rings. The first-order chi connectivity index (χ1) is 8.10. The Morgan fingerprint density at radius 2 is 2.06 bits per heavy atom. The maximum Gasteiger partial charge on any atom is 0.316 e. The average Bonchev–Trinajstić information content (AvgIpc) is 2.29. The van der Waals surface area contributed by atoms with Crippen LogP contribution in [0.25, 0.3) is 0 Å². The largest absolute Gasteiger partial charge is 0.465 e. The van der Waals surface area contributed by atoms with E-state index in [4.69, 9.17) is 4.74 Å². The van der Waals surface area contributed by atoms with Crippen molar-refractivity contribution in [1.29, 1.82) is 0 Å². The zero-order chi connectivity index (χ0) is 12.8. The van der Waals surface area contributed by atoms with Gasteiger partial charge in [0.15, 0.2) is 0 Å². The first-order valence-corrected chi connectivity index (χ1v) is 6.31. The Morgan fingerprint density at radius 1 is 1.35 bits per heavy atom. The summed E-state index contributed by atoms with van der Waals surface area (Å²) in [5, 5.41) is 0. The minimum absolute atomic E-state index is 0.0661. The topological polar surface area (TPSA) is 60.4 Å². The molecule has 1 rings (SSSR count). The van der Waals surface area contributed by atoms with Gasteiger partial charge in [-0.1, -0.05) is 6.92 Å². The Labute approximate surface area is 102 Å². The normalized spacial score (nSPS) is 24.5. The predicted molar refractivity (Wildman–Crippen MR) is 62.4 cm³/mol. The van der Waals surface area contributed by atoms with Crippen molar-refractivity contribution in [1.82, 2.24) is 0 Å². The summed E-state index contributed by atoms with van der Waals surface area (Å²) in [4.78, 5) is 35.0. The first kappa shape index (κ1) is 13.9. The molecule has 0 saturated heterocycles. The van der Waals surface area contributed by atoms with E-state index >= 15 is 0 Å². The van der Waals surface area contributed by atoms with Crippen LogP contribution in [0.15, 0.2) is 0 Å². The second-order valence-electron chi connectivity index (χ2n) is 4.44. The number of carbonyl (C=O) groups is 3. The molecule has 0 bridgehead atoms. The van der Waals surface area contributed by atoms with Gasteiger partial charge in [0.1, 0.15) is 17.5 Å². The molecule has 17 heavy (non-hydrogen) atoms. The molecule has 1 aliphatic carbocycles. The molecule has 1 unspecified atom stereocenters. The van der Waals surface area contributed by atoms with Crippen molar-refractivity contribution in [3.8, 4) is 0 Å². The van der Waals surface area contributed by atoms with Crippen LogP contribution in [0.5, 0.6) is 0 Å². The quantitative estimate of drug-likeness (QED) is 0.544. The highest BCUT2D eigenvalue weighted by molar-refractivity contribution is 6.00. The minimum Gasteiger partial charge on any atom is -0.465 e. The summed E-state index contributed by atoms with van der Waals surface area (Å²) in [6.45, 7) is 3.79. The zero-order valence-electron chi connectivity index (χ0n) is 10.5. The van der Waals surface area contributed by atoms with Gasteiger partial charge in [0.25, 0.3) is 0 Å². The second-order valence-corrected chi connectivity index (χ2v) is 4.44. The molecule has 4 heteroatoms. The van der Waals surface area contributed by atoms with Crippen LogP contribution < -0.4 is 0 Å². The highest BCUT2D eigenvalue weighted by Gasteiger charge is 2.38. The summed E-state index contributed by atoms with van der Waals surface area (Å²) >= 11 is 0. The number of hydrogen-bond acceptors (Lipinski definition) is 4. The van der Waals surface area contributed by atoms with Crippen LogP contribution in [-0.2, 0) is 19.1 Å². The molecular formula is C13H20O4. The minimum atomic E-state index is -0.709. The molecule has 1 fully saturated rings. The Morgan fingerprint density at radius 3 is 2.65 bits per heavy atom. The van der Waals surface area contributed by atoms with Crippen LogP contribution in [0.4, 0.5) is 0 Å². The van der Waals surface area contributed by atoms with E-state index in [9.17, 15) is 14.4 Å². The summed E-state index contributed by atoms with van der Waals surface area (Å²) in [5.41, 5.74) is 0. The van der Waals surface area contributed by atoms with Gasteiger partial charge in [-0.15, -0.1) is 0 Å². The fourth-order valence-corrected chi connectivity index (χ4v) is 2.34. The summed E-state index contributed by atoms with van der Waals surface area (Å²) in [7, 11) is 0. The predicted octanol–water partition coefficient (Wildman–Crippen LogP) is 1.90. The molecule has 0 radical (unpaired) electrons. The van der Waals surface area contributed by atoms with Crippen molar-refractivity contribution in [3.63, 3.8) is 0 Å². The Balaban J connectivity index is 2.73. The number of hydrogen-bond donors (Lipinski definition) is 0. The van der Waals surface area contributed by atoms with Crippen molar-refractivity contribution in [2.75, 3.05) is 6.61 Å². The van der Waals surface area contributed by atoms with E-state index < -0.39 is 11.9 Å². The summed E-state index contributed by atoms with van der Waals surface area (Å²) in [5.74, 6) is -1.27. The number of rotatable bonds is 5. The van der Waals surface area contributed by atoms with Gasteiger partial charge >= 0.3 is 5.97 Å². The van der Waals surface area contributed by atoms with Crippen molar-refractivity contribution in [3.05, 3.63) is 0 Å². The lowest BCUT2D eigenvalue weighted by Crippen LogP contribution is -2.37. The SMILES string of the molecule is CCOC(=O)C1C(=O)CCC[C@@H]1CC(=O)CC. The third kappa shape index (κ3) is 3.65. The van der Waals surface area contributed by atoms with Crippen LogP contribution in [-0.4, -0.2) is 24.1 Å². The van der Waals surface area contributed by atoms with Gasteiger partial charge in [-0.05, 0) is 25.7 Å². The van der Waals surface area contributed by atoms with E-state index in [0.29, 0.717) is 19.3 Å². The molecule has 4 nitrogen and oxygen atoms in total. The lowest BCUT2D eigenvalue weighted by Gasteiger charge is -2.28. The maximum atomic E-state index is 11.8. The average molecular weight is 240 g/mol. The molecule has 0 aromatic heterocycles. The van der Waals surface area contributed by atoms with E-state index in [0.717, 1.165) is 12.8 Å². The Bertz CT molecular complexity index is 309. The van der Waals surface area contributed by atoms with Gasteiger partial charge in [0, 0.05) is 19.3 Å². The zero-order valence-corrected chi connectivity index (χ0v) is 10.5. The summed E-state index contributed by atoms with van der Waals surface area (Å²) in [6, 6.07) is 0. The van der Waals surface area contributed by atoms with Gasteiger partial charge in [-0.3, -0.25) is 14.4 Å². The lowest BCUT2D eigenvalue weighted by molar-refractivity contribution is -0.155. The Kier molecular flexibility index (Phi) is 5.32. The molecule has 0 amide bonds. The van der Waals surface area contributed by atoms with Crippen LogP contribution in [0.1, 0.15) is 46.0 Å².